The van der Waals surface area contributed by atoms with Crippen molar-refractivity contribution in [1.82, 2.24) is 9.80 Å². The molecule has 2 aliphatic rings. The first-order chi connectivity index (χ1) is 16.1. The van der Waals surface area contributed by atoms with Gasteiger partial charge in [-0.05, 0) is 48.4 Å². The number of nitrogens with zero attached hydrogens (tertiary/aromatic N) is 2. The Morgan fingerprint density at radius 2 is 1.67 bits per heavy atom. The van der Waals surface area contributed by atoms with Gasteiger partial charge < -0.3 is 14.4 Å². The lowest BCUT2D eigenvalue weighted by Crippen LogP contribution is -2.39. The number of carbonyl (C=O) groups is 2. The Balaban J connectivity index is 1.63. The summed E-state index contributed by atoms with van der Waals surface area (Å²) in [5, 5.41) is 0. The van der Waals surface area contributed by atoms with Crippen LogP contribution in [0.15, 0.2) is 66.9 Å². The van der Waals surface area contributed by atoms with Crippen molar-refractivity contribution in [3.8, 4) is 11.5 Å². The minimum absolute atomic E-state index is 0.183. The number of hydrogen-bond acceptors (Lipinski definition) is 5. The second kappa shape index (κ2) is 9.94. The van der Waals surface area contributed by atoms with E-state index in [1.54, 1.807) is 38.5 Å². The third-order valence-electron chi connectivity index (χ3n) is 6.43. The molecule has 0 bridgehead atoms. The molecular formula is C27H30N2O4. The maximum atomic E-state index is 13.3. The van der Waals surface area contributed by atoms with E-state index < -0.39 is 0 Å². The first-order valence-electron chi connectivity index (χ1n) is 11.3. The van der Waals surface area contributed by atoms with E-state index in [4.69, 9.17) is 9.47 Å². The lowest BCUT2D eigenvalue weighted by atomic mass is 9.89. The molecule has 0 saturated carbocycles. The van der Waals surface area contributed by atoms with E-state index in [2.05, 4.69) is 35.7 Å². The SMILES string of the molecule is C=CCN1C(=O)C(c2ccc(OC)c(OC)c2)=C(N2CCC(Cc3ccccc3)CC2)C1=O. The van der Waals surface area contributed by atoms with Crippen LogP contribution in [0, 0.1) is 5.92 Å². The summed E-state index contributed by atoms with van der Waals surface area (Å²) >= 11 is 0. The summed E-state index contributed by atoms with van der Waals surface area (Å²) in [6.45, 7) is 5.38. The molecule has 0 aromatic heterocycles. The van der Waals surface area contributed by atoms with Crippen LogP contribution in [-0.4, -0.2) is 55.5 Å². The lowest BCUT2D eigenvalue weighted by molar-refractivity contribution is -0.137. The van der Waals surface area contributed by atoms with Crippen LogP contribution in [0.4, 0.5) is 0 Å². The van der Waals surface area contributed by atoms with Crippen LogP contribution in [0.25, 0.3) is 5.57 Å². The van der Waals surface area contributed by atoms with E-state index >= 15 is 0 Å². The quantitative estimate of drug-likeness (QED) is 0.454. The maximum absolute atomic E-state index is 13.3. The van der Waals surface area contributed by atoms with E-state index in [1.165, 1.54) is 10.5 Å². The Morgan fingerprint density at radius 3 is 2.30 bits per heavy atom. The van der Waals surface area contributed by atoms with Crippen LogP contribution < -0.4 is 9.47 Å². The summed E-state index contributed by atoms with van der Waals surface area (Å²) in [5.41, 5.74) is 2.89. The molecule has 1 fully saturated rings. The van der Waals surface area contributed by atoms with Crippen molar-refractivity contribution in [3.63, 3.8) is 0 Å². The Hall–Kier alpha value is -3.54. The molecule has 6 heteroatoms. The normalized spacial score (nSPS) is 17.0. The van der Waals surface area contributed by atoms with Crippen molar-refractivity contribution in [2.24, 2.45) is 5.92 Å². The van der Waals surface area contributed by atoms with Crippen LogP contribution in [0.1, 0.15) is 24.0 Å². The average Bonchev–Trinajstić information content (AvgIpc) is 3.10. The number of hydrogen-bond donors (Lipinski definition) is 0. The number of likely N-dealkylation sites (tertiary alicyclic amines) is 1. The number of piperidine rings is 1. The number of rotatable bonds is 8. The van der Waals surface area contributed by atoms with Crippen LogP contribution >= 0.6 is 0 Å². The first kappa shape index (κ1) is 22.6. The third kappa shape index (κ3) is 4.51. The van der Waals surface area contributed by atoms with E-state index in [1.807, 2.05) is 6.07 Å². The number of benzene rings is 2. The summed E-state index contributed by atoms with van der Waals surface area (Å²) in [6.07, 6.45) is 4.56. The molecule has 172 valence electrons. The molecule has 2 aromatic rings. The lowest BCUT2D eigenvalue weighted by Gasteiger charge is -2.34. The van der Waals surface area contributed by atoms with Gasteiger partial charge in [0.1, 0.15) is 5.70 Å². The van der Waals surface area contributed by atoms with Gasteiger partial charge in [-0.1, -0.05) is 42.5 Å². The standard InChI is InChI=1S/C27H30N2O4/c1-4-14-29-26(30)24(21-10-11-22(32-2)23(18-21)33-3)25(27(29)31)28-15-12-20(13-16-28)17-19-8-6-5-7-9-19/h4-11,18,20H,1,12-17H2,2-3H3. The molecule has 0 radical (unpaired) electrons. The van der Waals surface area contributed by atoms with Gasteiger partial charge in [0.15, 0.2) is 11.5 Å². The minimum Gasteiger partial charge on any atom is -0.493 e. The Morgan fingerprint density at radius 1 is 0.970 bits per heavy atom. The second-order valence-corrected chi connectivity index (χ2v) is 8.42. The number of imide groups is 1. The highest BCUT2D eigenvalue weighted by atomic mass is 16.5. The van der Waals surface area contributed by atoms with Gasteiger partial charge in [-0.2, -0.15) is 0 Å². The van der Waals surface area contributed by atoms with Crippen LogP contribution in [0.2, 0.25) is 0 Å². The first-order valence-corrected chi connectivity index (χ1v) is 11.3. The van der Waals surface area contributed by atoms with Crippen molar-refractivity contribution in [2.75, 3.05) is 33.9 Å². The van der Waals surface area contributed by atoms with Gasteiger partial charge in [-0.15, -0.1) is 6.58 Å². The zero-order valence-electron chi connectivity index (χ0n) is 19.3. The zero-order chi connectivity index (χ0) is 23.4. The fourth-order valence-corrected chi connectivity index (χ4v) is 4.71. The predicted molar refractivity (Wildman–Crippen MR) is 128 cm³/mol. The molecule has 0 atom stereocenters. The zero-order valence-corrected chi connectivity index (χ0v) is 19.3. The molecule has 0 aliphatic carbocycles. The largest absolute Gasteiger partial charge is 0.493 e. The van der Waals surface area contributed by atoms with Crippen molar-refractivity contribution in [2.45, 2.75) is 19.3 Å². The van der Waals surface area contributed by atoms with Crippen molar-refractivity contribution >= 4 is 17.4 Å². The van der Waals surface area contributed by atoms with Gasteiger partial charge in [0.05, 0.1) is 19.8 Å². The summed E-state index contributed by atoms with van der Waals surface area (Å²) in [6, 6.07) is 15.8. The molecule has 0 unspecified atom stereocenters. The van der Waals surface area contributed by atoms with Crippen LogP contribution in [-0.2, 0) is 16.0 Å². The van der Waals surface area contributed by atoms with E-state index in [9.17, 15) is 9.59 Å². The fourth-order valence-electron chi connectivity index (χ4n) is 4.71. The van der Waals surface area contributed by atoms with Crippen molar-refractivity contribution in [3.05, 3.63) is 78.0 Å². The molecule has 2 aromatic carbocycles. The highest BCUT2D eigenvalue weighted by Gasteiger charge is 2.42. The monoisotopic (exact) mass is 446 g/mol. The van der Waals surface area contributed by atoms with Crippen molar-refractivity contribution in [1.29, 1.82) is 0 Å². The molecule has 2 aliphatic heterocycles. The molecule has 1 saturated heterocycles. The van der Waals surface area contributed by atoms with E-state index in [0.717, 1.165) is 32.4 Å². The number of ether oxygens (including phenoxy) is 2. The maximum Gasteiger partial charge on any atom is 0.278 e. The van der Waals surface area contributed by atoms with E-state index in [0.29, 0.717) is 34.3 Å². The Kier molecular flexibility index (Phi) is 6.82. The molecule has 4 rings (SSSR count). The van der Waals surface area contributed by atoms with Crippen LogP contribution in [0.5, 0.6) is 11.5 Å². The number of carbonyl (C=O) groups excluding carboxylic acids is 2. The second-order valence-electron chi connectivity index (χ2n) is 8.42. The molecular weight excluding hydrogens is 416 g/mol. The average molecular weight is 447 g/mol. The van der Waals surface area contributed by atoms with Gasteiger partial charge in [0.25, 0.3) is 11.8 Å². The minimum atomic E-state index is -0.298. The number of amides is 2. The Labute approximate surface area is 195 Å². The van der Waals surface area contributed by atoms with Gasteiger partial charge in [0, 0.05) is 19.6 Å². The molecule has 33 heavy (non-hydrogen) atoms. The van der Waals surface area contributed by atoms with Crippen molar-refractivity contribution < 1.29 is 19.1 Å². The third-order valence-corrected chi connectivity index (χ3v) is 6.43. The highest BCUT2D eigenvalue weighted by Crippen LogP contribution is 2.37. The smallest absolute Gasteiger partial charge is 0.278 e. The summed E-state index contributed by atoms with van der Waals surface area (Å²) in [4.78, 5) is 30.0. The molecule has 2 heterocycles. The van der Waals surface area contributed by atoms with Crippen LogP contribution in [0.3, 0.4) is 0 Å². The van der Waals surface area contributed by atoms with E-state index in [-0.39, 0.29) is 18.4 Å². The highest BCUT2D eigenvalue weighted by molar-refractivity contribution is 6.35. The summed E-state index contributed by atoms with van der Waals surface area (Å²) in [7, 11) is 3.12. The molecule has 0 N–H and O–H groups in total. The van der Waals surface area contributed by atoms with Gasteiger partial charge in [-0.3, -0.25) is 14.5 Å². The molecule has 0 spiro atoms. The summed E-state index contributed by atoms with van der Waals surface area (Å²) < 4.78 is 10.8. The topological polar surface area (TPSA) is 59.1 Å². The molecule has 2 amide bonds. The predicted octanol–water partition coefficient (Wildman–Crippen LogP) is 3.92. The summed E-state index contributed by atoms with van der Waals surface area (Å²) in [5.74, 6) is 1.10. The van der Waals surface area contributed by atoms with Gasteiger partial charge >= 0.3 is 0 Å². The van der Waals surface area contributed by atoms with Gasteiger partial charge in [0.2, 0.25) is 0 Å². The number of methoxy groups -OCH3 is 2. The fraction of sp³-hybridized carbons (Fsp3) is 0.333. The van der Waals surface area contributed by atoms with Gasteiger partial charge in [-0.25, -0.2) is 0 Å². The Bertz CT molecular complexity index is 1070. The molecule has 6 nitrogen and oxygen atoms in total.